The second kappa shape index (κ2) is 7.50. The third-order valence-electron chi connectivity index (χ3n) is 7.06. The number of hydrogen-bond acceptors (Lipinski definition) is 5. The molecule has 3 aromatic rings. The van der Waals surface area contributed by atoms with Crippen LogP contribution in [0.25, 0.3) is 11.1 Å². The lowest BCUT2D eigenvalue weighted by molar-refractivity contribution is 0.186. The van der Waals surface area contributed by atoms with Crippen LogP contribution in [-0.2, 0) is 13.5 Å². The molecule has 1 saturated heterocycles. The summed E-state index contributed by atoms with van der Waals surface area (Å²) in [7, 11) is 1.77. The van der Waals surface area contributed by atoms with Gasteiger partial charge < -0.3 is 16.4 Å². The molecule has 2 heterocycles. The smallest absolute Gasteiger partial charge is 0.264 e. The molecule has 1 aliphatic carbocycles. The van der Waals surface area contributed by atoms with Crippen molar-refractivity contribution in [2.45, 2.75) is 25.3 Å². The largest absolute Gasteiger partial charge is 0.383 e. The Morgan fingerprint density at radius 2 is 1.81 bits per heavy atom. The summed E-state index contributed by atoms with van der Waals surface area (Å²) in [6.45, 7) is 1.59. The van der Waals surface area contributed by atoms with Crippen molar-refractivity contribution in [2.75, 3.05) is 23.7 Å². The summed E-state index contributed by atoms with van der Waals surface area (Å²) in [4.78, 5) is 20.0. The summed E-state index contributed by atoms with van der Waals surface area (Å²) in [6.07, 6.45) is 2.90. The molecular formula is C24H26BrN5O. The van der Waals surface area contributed by atoms with Crippen molar-refractivity contribution in [1.29, 1.82) is 0 Å². The molecule has 2 aliphatic rings. The topological polar surface area (TPSA) is 90.2 Å². The van der Waals surface area contributed by atoms with E-state index in [0.717, 1.165) is 42.4 Å². The Kier molecular flexibility index (Phi) is 4.90. The van der Waals surface area contributed by atoms with E-state index in [1.54, 1.807) is 11.6 Å². The van der Waals surface area contributed by atoms with E-state index in [0.29, 0.717) is 11.5 Å². The van der Waals surface area contributed by atoms with Gasteiger partial charge in [-0.3, -0.25) is 9.36 Å². The summed E-state index contributed by atoms with van der Waals surface area (Å²) in [5.74, 6) is 0.904. The van der Waals surface area contributed by atoms with E-state index >= 15 is 0 Å². The molecule has 2 aromatic carbocycles. The molecule has 0 amide bonds. The molecule has 1 fully saturated rings. The van der Waals surface area contributed by atoms with Crippen molar-refractivity contribution in [3.63, 3.8) is 0 Å². The minimum absolute atomic E-state index is 0.0162. The highest BCUT2D eigenvalue weighted by atomic mass is 79.9. The van der Waals surface area contributed by atoms with Gasteiger partial charge in [-0.05, 0) is 47.4 Å². The van der Waals surface area contributed by atoms with E-state index in [9.17, 15) is 4.79 Å². The van der Waals surface area contributed by atoms with Crippen molar-refractivity contribution in [2.24, 2.45) is 18.2 Å². The maximum Gasteiger partial charge on any atom is 0.264 e. The predicted molar refractivity (Wildman–Crippen MR) is 128 cm³/mol. The lowest BCUT2D eigenvalue weighted by Crippen LogP contribution is -2.46. The number of rotatable bonds is 2. The van der Waals surface area contributed by atoms with Gasteiger partial charge in [0.2, 0.25) is 5.95 Å². The fourth-order valence-corrected chi connectivity index (χ4v) is 5.94. The third-order valence-corrected chi connectivity index (χ3v) is 7.75. The van der Waals surface area contributed by atoms with Crippen LogP contribution in [0.1, 0.15) is 30.0 Å². The number of anilines is 2. The maximum absolute atomic E-state index is 13.1. The van der Waals surface area contributed by atoms with Crippen LogP contribution in [0.15, 0.2) is 57.8 Å². The number of aromatic nitrogens is 2. The van der Waals surface area contributed by atoms with Gasteiger partial charge in [0.1, 0.15) is 5.82 Å². The van der Waals surface area contributed by atoms with E-state index in [1.807, 2.05) is 30.3 Å². The van der Waals surface area contributed by atoms with Crippen LogP contribution >= 0.6 is 15.9 Å². The molecule has 4 N–H and O–H groups in total. The fourth-order valence-electron chi connectivity index (χ4n) is 5.29. The van der Waals surface area contributed by atoms with Gasteiger partial charge in [0.05, 0.1) is 5.56 Å². The van der Waals surface area contributed by atoms with Gasteiger partial charge in [0.15, 0.2) is 0 Å². The van der Waals surface area contributed by atoms with E-state index in [-0.39, 0.29) is 22.8 Å². The SMILES string of the molecule is Cn1c(N2CCC3(CC2)Cc2cccc(Br)c2[C@H]3N)nc(N)c(-c2ccccc2)c1=O. The lowest BCUT2D eigenvalue weighted by Gasteiger charge is -2.42. The molecule has 1 atom stereocenters. The normalized spacial score (nSPS) is 19.6. The van der Waals surface area contributed by atoms with Crippen molar-refractivity contribution in [1.82, 2.24) is 9.55 Å². The van der Waals surface area contributed by atoms with E-state index in [1.165, 1.54) is 11.1 Å². The van der Waals surface area contributed by atoms with E-state index < -0.39 is 0 Å². The number of piperidine rings is 1. The molecule has 1 spiro atoms. The molecule has 0 saturated carbocycles. The molecule has 5 rings (SSSR count). The number of nitrogens with zero attached hydrogens (tertiary/aromatic N) is 3. The Bertz CT molecular complexity index is 1200. The Balaban J connectivity index is 1.42. The van der Waals surface area contributed by atoms with Gasteiger partial charge in [-0.2, -0.15) is 4.98 Å². The maximum atomic E-state index is 13.1. The zero-order valence-corrected chi connectivity index (χ0v) is 19.1. The van der Waals surface area contributed by atoms with Gasteiger partial charge >= 0.3 is 0 Å². The van der Waals surface area contributed by atoms with Crippen molar-refractivity contribution < 1.29 is 0 Å². The zero-order valence-electron chi connectivity index (χ0n) is 17.5. The Morgan fingerprint density at radius 3 is 2.48 bits per heavy atom. The number of nitrogens with two attached hydrogens (primary N) is 2. The molecule has 160 valence electrons. The first-order chi connectivity index (χ1) is 14.9. The summed E-state index contributed by atoms with van der Waals surface area (Å²) in [5, 5.41) is 0. The minimum atomic E-state index is -0.122. The van der Waals surface area contributed by atoms with Gasteiger partial charge in [0, 0.05) is 30.7 Å². The first-order valence-corrected chi connectivity index (χ1v) is 11.4. The van der Waals surface area contributed by atoms with Crippen molar-refractivity contribution in [3.05, 3.63) is 74.5 Å². The van der Waals surface area contributed by atoms with Crippen LogP contribution in [0.3, 0.4) is 0 Å². The molecule has 0 radical (unpaired) electrons. The number of nitrogen functional groups attached to an aromatic ring is 1. The first-order valence-electron chi connectivity index (χ1n) is 10.6. The van der Waals surface area contributed by atoms with Crippen LogP contribution in [0.2, 0.25) is 0 Å². The third kappa shape index (κ3) is 3.18. The molecule has 31 heavy (non-hydrogen) atoms. The lowest BCUT2D eigenvalue weighted by atomic mass is 9.73. The number of fused-ring (bicyclic) bond motifs is 1. The Hall–Kier alpha value is -2.64. The summed E-state index contributed by atoms with van der Waals surface area (Å²) < 4.78 is 2.72. The van der Waals surface area contributed by atoms with Crippen LogP contribution in [0, 0.1) is 5.41 Å². The molecule has 1 aromatic heterocycles. The molecule has 0 unspecified atom stereocenters. The molecule has 0 bridgehead atoms. The monoisotopic (exact) mass is 479 g/mol. The molecule has 7 heteroatoms. The summed E-state index contributed by atoms with van der Waals surface area (Å²) >= 11 is 3.69. The van der Waals surface area contributed by atoms with Crippen LogP contribution < -0.4 is 21.9 Å². The Labute approximate surface area is 190 Å². The predicted octanol–water partition coefficient (Wildman–Crippen LogP) is 3.63. The highest BCUT2D eigenvalue weighted by molar-refractivity contribution is 9.10. The van der Waals surface area contributed by atoms with Crippen LogP contribution in [-0.4, -0.2) is 22.6 Å². The standard InChI is InChI=1S/C24H26BrN5O/c1-29-22(31)19(15-6-3-2-4-7-15)21(27)28-23(29)30-12-10-24(11-13-30)14-16-8-5-9-17(25)18(16)20(24)26/h2-9,20H,10-14,26-27H2,1H3/t20-/m1/s1. The summed E-state index contributed by atoms with van der Waals surface area (Å²) in [6, 6.07) is 15.8. The van der Waals surface area contributed by atoms with Gasteiger partial charge in [-0.1, -0.05) is 58.4 Å². The van der Waals surface area contributed by atoms with E-state index in [4.69, 9.17) is 11.5 Å². The van der Waals surface area contributed by atoms with E-state index in [2.05, 4.69) is 44.0 Å². The van der Waals surface area contributed by atoms with Crippen molar-refractivity contribution in [3.8, 4) is 11.1 Å². The zero-order chi connectivity index (χ0) is 21.8. The Morgan fingerprint density at radius 1 is 1.10 bits per heavy atom. The fraction of sp³-hybridized carbons (Fsp3) is 0.333. The number of halogens is 1. The van der Waals surface area contributed by atoms with Gasteiger partial charge in [-0.15, -0.1) is 0 Å². The highest BCUT2D eigenvalue weighted by Crippen LogP contribution is 2.52. The van der Waals surface area contributed by atoms with Crippen LogP contribution in [0.5, 0.6) is 0 Å². The average molecular weight is 480 g/mol. The summed E-state index contributed by atoms with van der Waals surface area (Å²) in [5.41, 5.74) is 16.8. The van der Waals surface area contributed by atoms with Crippen molar-refractivity contribution >= 4 is 27.7 Å². The first kappa shape index (κ1) is 20.3. The highest BCUT2D eigenvalue weighted by Gasteiger charge is 2.47. The molecule has 1 aliphatic heterocycles. The minimum Gasteiger partial charge on any atom is -0.383 e. The number of hydrogen-bond donors (Lipinski definition) is 2. The second-order valence-corrected chi connectivity index (χ2v) is 9.57. The van der Waals surface area contributed by atoms with Gasteiger partial charge in [-0.25, -0.2) is 0 Å². The quantitative estimate of drug-likeness (QED) is 0.585. The average Bonchev–Trinajstić information content (AvgIpc) is 3.05. The van der Waals surface area contributed by atoms with Gasteiger partial charge in [0.25, 0.3) is 5.56 Å². The molecular weight excluding hydrogens is 454 g/mol. The number of benzene rings is 2. The van der Waals surface area contributed by atoms with Crippen LogP contribution in [0.4, 0.5) is 11.8 Å². The molecule has 6 nitrogen and oxygen atoms in total. The second-order valence-electron chi connectivity index (χ2n) is 8.72.